The Morgan fingerprint density at radius 3 is 2.80 bits per heavy atom. The maximum Gasteiger partial charge on any atom is 0.229 e. The maximum absolute atomic E-state index is 13.9. The molecule has 1 aromatic carbocycles. The van der Waals surface area contributed by atoms with Crippen LogP contribution in [0.15, 0.2) is 36.8 Å². The molecule has 0 spiro atoms. The van der Waals surface area contributed by atoms with Crippen molar-refractivity contribution in [2.45, 2.75) is 37.8 Å². The van der Waals surface area contributed by atoms with Gasteiger partial charge in [-0.1, -0.05) is 16.8 Å². The third-order valence-electron chi connectivity index (χ3n) is 5.24. The molecule has 1 saturated carbocycles. The zero-order valence-electron chi connectivity index (χ0n) is 15.8. The molecule has 9 nitrogen and oxygen atoms in total. The standard InChI is InChI=1S/C19H18ClFN8O/c20-15-6-3-13(7-16(15)21)29-18-17(26-27-29)9-22-19(25-18)24-11-8-23-28(10-11)12-1-4-14(30)5-2-12/h3,6-10,12,14,30H,1-2,4-5H2,(H,22,24,25)/t12-,14+. The molecular formula is C19H18ClFN8O. The van der Waals surface area contributed by atoms with Crippen LogP contribution < -0.4 is 5.32 Å². The summed E-state index contributed by atoms with van der Waals surface area (Å²) < 4.78 is 17.2. The van der Waals surface area contributed by atoms with Gasteiger partial charge >= 0.3 is 0 Å². The van der Waals surface area contributed by atoms with E-state index in [-0.39, 0.29) is 17.2 Å². The molecule has 0 unspecified atom stereocenters. The summed E-state index contributed by atoms with van der Waals surface area (Å²) in [7, 11) is 0. The summed E-state index contributed by atoms with van der Waals surface area (Å²) >= 11 is 5.76. The lowest BCUT2D eigenvalue weighted by Gasteiger charge is -2.25. The van der Waals surface area contributed by atoms with Crippen LogP contribution in [0.3, 0.4) is 0 Å². The first kappa shape index (κ1) is 18.9. The molecule has 0 amide bonds. The molecule has 154 valence electrons. The molecule has 3 heterocycles. The highest BCUT2D eigenvalue weighted by Gasteiger charge is 2.21. The Morgan fingerprint density at radius 2 is 2.00 bits per heavy atom. The van der Waals surface area contributed by atoms with E-state index in [0.717, 1.165) is 31.4 Å². The summed E-state index contributed by atoms with van der Waals surface area (Å²) in [4.78, 5) is 8.75. The fraction of sp³-hybridized carbons (Fsp3) is 0.316. The predicted octanol–water partition coefficient (Wildman–Crippen LogP) is 3.42. The second-order valence-electron chi connectivity index (χ2n) is 7.30. The molecule has 1 aliphatic rings. The molecule has 30 heavy (non-hydrogen) atoms. The fourth-order valence-corrected chi connectivity index (χ4v) is 3.75. The van der Waals surface area contributed by atoms with E-state index in [2.05, 4.69) is 30.7 Å². The van der Waals surface area contributed by atoms with Gasteiger partial charge in [-0.2, -0.15) is 14.8 Å². The molecule has 0 aliphatic heterocycles. The lowest BCUT2D eigenvalue weighted by molar-refractivity contribution is 0.108. The van der Waals surface area contributed by atoms with E-state index in [1.54, 1.807) is 18.5 Å². The van der Waals surface area contributed by atoms with Crippen LogP contribution >= 0.6 is 11.6 Å². The molecule has 0 radical (unpaired) electrons. The first-order chi connectivity index (χ1) is 14.6. The number of nitrogens with zero attached hydrogens (tertiary/aromatic N) is 7. The minimum atomic E-state index is -0.548. The molecule has 1 aliphatic carbocycles. The Labute approximate surface area is 175 Å². The highest BCUT2D eigenvalue weighted by atomic mass is 35.5. The van der Waals surface area contributed by atoms with Crippen LogP contribution in [0.1, 0.15) is 31.7 Å². The number of fused-ring (bicyclic) bond motifs is 1. The van der Waals surface area contributed by atoms with Crippen LogP contribution in [-0.2, 0) is 0 Å². The Balaban J connectivity index is 1.40. The zero-order chi connectivity index (χ0) is 20.7. The van der Waals surface area contributed by atoms with Crippen molar-refractivity contribution >= 4 is 34.4 Å². The summed E-state index contributed by atoms with van der Waals surface area (Å²) in [6, 6.07) is 4.65. The quantitative estimate of drug-likeness (QED) is 0.512. The van der Waals surface area contributed by atoms with E-state index in [1.807, 2.05) is 10.9 Å². The Kier molecular flexibility index (Phi) is 4.80. The SMILES string of the molecule is O[C@H]1CC[C@@H](n2cc(Nc3ncc4nnn(-c5ccc(Cl)c(F)c5)c4n3)cn2)CC1. The maximum atomic E-state index is 13.9. The Morgan fingerprint density at radius 1 is 1.17 bits per heavy atom. The molecule has 4 aromatic rings. The predicted molar refractivity (Wildman–Crippen MR) is 108 cm³/mol. The lowest BCUT2D eigenvalue weighted by atomic mass is 9.93. The number of halogens is 2. The Hall–Kier alpha value is -3.11. The van der Waals surface area contributed by atoms with Gasteiger partial charge in [-0.05, 0) is 37.8 Å². The van der Waals surface area contributed by atoms with Gasteiger partial charge in [0.15, 0.2) is 11.2 Å². The molecule has 0 saturated heterocycles. The summed E-state index contributed by atoms with van der Waals surface area (Å²) in [5.41, 5.74) is 2.11. The highest BCUT2D eigenvalue weighted by molar-refractivity contribution is 6.30. The molecular weight excluding hydrogens is 411 g/mol. The first-order valence-electron chi connectivity index (χ1n) is 9.60. The van der Waals surface area contributed by atoms with Gasteiger partial charge in [0.05, 0.1) is 40.9 Å². The van der Waals surface area contributed by atoms with Gasteiger partial charge in [-0.15, -0.1) is 5.10 Å². The van der Waals surface area contributed by atoms with Crippen LogP contribution in [0.2, 0.25) is 5.02 Å². The minimum Gasteiger partial charge on any atom is -0.393 e. The molecule has 5 rings (SSSR count). The monoisotopic (exact) mass is 428 g/mol. The number of hydrogen-bond acceptors (Lipinski definition) is 7. The third kappa shape index (κ3) is 3.59. The van der Waals surface area contributed by atoms with Crippen molar-refractivity contribution in [1.82, 2.24) is 34.7 Å². The minimum absolute atomic E-state index is 0.0321. The second-order valence-corrected chi connectivity index (χ2v) is 7.71. The van der Waals surface area contributed by atoms with E-state index < -0.39 is 5.82 Å². The third-order valence-corrected chi connectivity index (χ3v) is 5.54. The van der Waals surface area contributed by atoms with Crippen molar-refractivity contribution < 1.29 is 9.50 Å². The lowest BCUT2D eigenvalue weighted by Crippen LogP contribution is -2.21. The van der Waals surface area contributed by atoms with Gasteiger partial charge < -0.3 is 10.4 Å². The fourth-order valence-electron chi connectivity index (χ4n) is 3.63. The summed E-state index contributed by atoms with van der Waals surface area (Å²) in [5, 5.41) is 25.4. The van der Waals surface area contributed by atoms with Crippen molar-refractivity contribution in [3.63, 3.8) is 0 Å². The molecule has 0 bridgehead atoms. The zero-order valence-corrected chi connectivity index (χ0v) is 16.5. The number of benzene rings is 1. The van der Waals surface area contributed by atoms with Gasteiger partial charge in [0.2, 0.25) is 5.95 Å². The summed E-state index contributed by atoms with van der Waals surface area (Å²) in [5.74, 6) is -0.202. The number of aromatic nitrogens is 7. The van der Waals surface area contributed by atoms with E-state index in [0.29, 0.717) is 22.8 Å². The Bertz CT molecular complexity index is 1200. The number of nitrogens with one attached hydrogen (secondary N) is 1. The van der Waals surface area contributed by atoms with Crippen LogP contribution in [0.5, 0.6) is 0 Å². The van der Waals surface area contributed by atoms with Gasteiger partial charge in [-0.25, -0.2) is 9.37 Å². The largest absolute Gasteiger partial charge is 0.393 e. The normalized spacial score (nSPS) is 19.3. The number of anilines is 2. The van der Waals surface area contributed by atoms with Crippen molar-refractivity contribution in [2.24, 2.45) is 0 Å². The second kappa shape index (κ2) is 7.62. The van der Waals surface area contributed by atoms with Crippen LogP contribution in [0.25, 0.3) is 16.9 Å². The first-order valence-corrected chi connectivity index (χ1v) is 9.98. The van der Waals surface area contributed by atoms with Gasteiger partial charge in [0.25, 0.3) is 0 Å². The highest BCUT2D eigenvalue weighted by Crippen LogP contribution is 2.29. The summed E-state index contributed by atoms with van der Waals surface area (Å²) in [6.07, 6.45) is 8.32. The number of aliphatic hydroxyl groups is 1. The van der Waals surface area contributed by atoms with Crippen molar-refractivity contribution in [3.05, 3.63) is 47.6 Å². The molecule has 3 aromatic heterocycles. The van der Waals surface area contributed by atoms with Crippen LogP contribution in [0.4, 0.5) is 16.0 Å². The van der Waals surface area contributed by atoms with E-state index >= 15 is 0 Å². The van der Waals surface area contributed by atoms with E-state index in [4.69, 9.17) is 11.6 Å². The van der Waals surface area contributed by atoms with Crippen molar-refractivity contribution in [1.29, 1.82) is 0 Å². The molecule has 2 N–H and O–H groups in total. The topological polar surface area (TPSA) is 107 Å². The van der Waals surface area contributed by atoms with Crippen LogP contribution in [-0.4, -0.2) is 46.0 Å². The molecule has 11 heteroatoms. The van der Waals surface area contributed by atoms with Crippen molar-refractivity contribution in [2.75, 3.05) is 5.32 Å². The van der Waals surface area contributed by atoms with Gasteiger partial charge in [0.1, 0.15) is 5.82 Å². The molecule has 1 fully saturated rings. The number of aliphatic hydroxyl groups excluding tert-OH is 1. The van der Waals surface area contributed by atoms with Gasteiger partial charge in [-0.3, -0.25) is 4.68 Å². The number of rotatable bonds is 4. The van der Waals surface area contributed by atoms with Crippen LogP contribution in [0, 0.1) is 5.82 Å². The summed E-state index contributed by atoms with van der Waals surface area (Å²) in [6.45, 7) is 0. The van der Waals surface area contributed by atoms with Gasteiger partial charge in [0, 0.05) is 12.3 Å². The average Bonchev–Trinajstić information content (AvgIpc) is 3.38. The van der Waals surface area contributed by atoms with Crippen molar-refractivity contribution in [3.8, 4) is 5.69 Å². The number of hydrogen-bond donors (Lipinski definition) is 2. The smallest absolute Gasteiger partial charge is 0.229 e. The van der Waals surface area contributed by atoms with E-state index in [1.165, 1.54) is 16.8 Å². The van der Waals surface area contributed by atoms with E-state index in [9.17, 15) is 9.50 Å². The molecule has 0 atom stereocenters. The average molecular weight is 429 g/mol.